The van der Waals surface area contributed by atoms with Crippen molar-refractivity contribution in [3.05, 3.63) is 59.9 Å². The van der Waals surface area contributed by atoms with Crippen molar-refractivity contribution in [3.8, 4) is 5.75 Å². The van der Waals surface area contributed by atoms with Crippen LogP contribution in [0.15, 0.2) is 48.5 Å². The van der Waals surface area contributed by atoms with E-state index >= 15 is 0 Å². The predicted molar refractivity (Wildman–Crippen MR) is 105 cm³/mol. The molecule has 0 aliphatic rings. The summed E-state index contributed by atoms with van der Waals surface area (Å²) >= 11 is 5.07. The number of halogens is 1. The molecule has 0 heterocycles. The van der Waals surface area contributed by atoms with Crippen molar-refractivity contribution in [2.24, 2.45) is 0 Å². The number of hydrazine groups is 1. The molecule has 1 atom stereocenters. The molecule has 0 spiro atoms. The van der Waals surface area contributed by atoms with E-state index in [4.69, 9.17) is 17.0 Å². The first-order valence-corrected chi connectivity index (χ1v) is 8.65. The van der Waals surface area contributed by atoms with Gasteiger partial charge in [-0.25, -0.2) is 4.39 Å². The molecule has 2 rings (SSSR count). The van der Waals surface area contributed by atoms with Gasteiger partial charge in [-0.1, -0.05) is 38.1 Å². The smallest absolute Gasteiger partial charge is 0.279 e. The summed E-state index contributed by atoms with van der Waals surface area (Å²) in [5.74, 6) is 0.188. The Hall–Kier alpha value is -2.67. The van der Waals surface area contributed by atoms with Crippen molar-refractivity contribution in [2.75, 3.05) is 5.32 Å². The van der Waals surface area contributed by atoms with Crippen molar-refractivity contribution in [1.82, 2.24) is 10.9 Å². The third-order valence-electron chi connectivity index (χ3n) is 3.60. The molecule has 7 heteroatoms. The highest BCUT2D eigenvalue weighted by Crippen LogP contribution is 2.26. The second kappa shape index (κ2) is 9.15. The number of hydrogen-bond donors (Lipinski definition) is 3. The Morgan fingerprint density at radius 3 is 2.50 bits per heavy atom. The normalized spacial score (nSPS) is 11.6. The van der Waals surface area contributed by atoms with E-state index in [1.54, 1.807) is 19.1 Å². The van der Waals surface area contributed by atoms with Gasteiger partial charge >= 0.3 is 0 Å². The number of benzene rings is 2. The molecule has 138 valence electrons. The van der Waals surface area contributed by atoms with Gasteiger partial charge in [0.2, 0.25) is 0 Å². The number of ether oxygens (including phenoxy) is 1. The highest BCUT2D eigenvalue weighted by Gasteiger charge is 2.17. The Bertz CT molecular complexity index is 783. The van der Waals surface area contributed by atoms with E-state index in [0.717, 1.165) is 5.56 Å². The number of nitrogens with one attached hydrogen (secondary N) is 3. The van der Waals surface area contributed by atoms with Crippen LogP contribution in [-0.2, 0) is 4.79 Å². The van der Waals surface area contributed by atoms with Crippen LogP contribution in [0.5, 0.6) is 5.75 Å². The van der Waals surface area contributed by atoms with E-state index in [9.17, 15) is 9.18 Å². The number of amides is 1. The lowest BCUT2D eigenvalue weighted by Crippen LogP contribution is -2.48. The van der Waals surface area contributed by atoms with Gasteiger partial charge in [-0.3, -0.25) is 15.6 Å². The van der Waals surface area contributed by atoms with Crippen molar-refractivity contribution >= 4 is 28.9 Å². The molecule has 0 aliphatic heterocycles. The summed E-state index contributed by atoms with van der Waals surface area (Å²) in [6, 6.07) is 13.5. The standard InChI is InChI=1S/C19H22FN3O2S/c1-12(2)16-9-4-5-10-17(16)25-13(3)18(24)22-23-19(26)21-15-8-6-7-14(20)11-15/h4-13H,1-3H3,(H,22,24)(H2,21,23,26)/t13-/m1/s1. The van der Waals surface area contributed by atoms with Crippen molar-refractivity contribution in [1.29, 1.82) is 0 Å². The van der Waals surface area contributed by atoms with Gasteiger partial charge in [-0.2, -0.15) is 0 Å². The number of carbonyl (C=O) groups excluding carboxylic acids is 1. The molecule has 5 nitrogen and oxygen atoms in total. The number of thiocarbonyl (C=S) groups is 1. The lowest BCUT2D eigenvalue weighted by Gasteiger charge is -2.19. The zero-order valence-corrected chi connectivity index (χ0v) is 15.7. The van der Waals surface area contributed by atoms with Crippen LogP contribution >= 0.6 is 12.2 Å². The molecule has 0 saturated heterocycles. The third-order valence-corrected chi connectivity index (χ3v) is 3.80. The molecule has 0 aliphatic carbocycles. The highest BCUT2D eigenvalue weighted by atomic mass is 32.1. The van der Waals surface area contributed by atoms with Gasteiger partial charge in [0.15, 0.2) is 11.2 Å². The zero-order valence-electron chi connectivity index (χ0n) is 14.9. The summed E-state index contributed by atoms with van der Waals surface area (Å²) in [6.45, 7) is 5.77. The maximum atomic E-state index is 13.1. The number of anilines is 1. The quantitative estimate of drug-likeness (QED) is 0.549. The molecule has 0 radical (unpaired) electrons. The minimum atomic E-state index is -0.723. The molecule has 2 aromatic carbocycles. The van der Waals surface area contributed by atoms with Crippen LogP contribution in [-0.4, -0.2) is 17.1 Å². The Balaban J connectivity index is 1.86. The minimum absolute atomic E-state index is 0.138. The number of carbonyl (C=O) groups is 1. The van der Waals surface area contributed by atoms with Gasteiger partial charge in [-0.05, 0) is 54.9 Å². The molecule has 0 saturated carbocycles. The first-order chi connectivity index (χ1) is 12.4. The molecule has 26 heavy (non-hydrogen) atoms. The second-order valence-corrected chi connectivity index (χ2v) is 6.44. The molecule has 0 aromatic heterocycles. The zero-order chi connectivity index (χ0) is 19.1. The largest absolute Gasteiger partial charge is 0.481 e. The third kappa shape index (κ3) is 5.70. The van der Waals surface area contributed by atoms with Gasteiger partial charge in [0, 0.05) is 5.69 Å². The fourth-order valence-electron chi connectivity index (χ4n) is 2.26. The Kier molecular flexibility index (Phi) is 6.91. The Labute approximate surface area is 157 Å². The van der Waals surface area contributed by atoms with E-state index in [0.29, 0.717) is 11.4 Å². The monoisotopic (exact) mass is 375 g/mol. The topological polar surface area (TPSA) is 62.4 Å². The maximum absolute atomic E-state index is 13.1. The van der Waals surface area contributed by atoms with E-state index < -0.39 is 6.10 Å². The Morgan fingerprint density at radius 1 is 1.08 bits per heavy atom. The fraction of sp³-hybridized carbons (Fsp3) is 0.263. The summed E-state index contributed by atoms with van der Waals surface area (Å²) in [7, 11) is 0. The number of para-hydroxylation sites is 1. The van der Waals surface area contributed by atoms with Crippen LogP contribution in [0.3, 0.4) is 0 Å². The molecular weight excluding hydrogens is 353 g/mol. The van der Waals surface area contributed by atoms with Crippen molar-refractivity contribution < 1.29 is 13.9 Å². The molecule has 3 N–H and O–H groups in total. The summed E-state index contributed by atoms with van der Waals surface area (Å²) in [5, 5.41) is 2.91. The number of hydrogen-bond acceptors (Lipinski definition) is 3. The van der Waals surface area contributed by atoms with Crippen LogP contribution in [0, 0.1) is 5.82 Å². The van der Waals surface area contributed by atoms with Crippen LogP contribution in [0.4, 0.5) is 10.1 Å². The summed E-state index contributed by atoms with van der Waals surface area (Å²) in [5.41, 5.74) is 6.56. The van der Waals surface area contributed by atoms with Crippen LogP contribution < -0.4 is 20.9 Å². The maximum Gasteiger partial charge on any atom is 0.279 e. The SMILES string of the molecule is CC(C)c1ccccc1O[C@H](C)C(=O)NNC(=S)Nc1cccc(F)c1. The highest BCUT2D eigenvalue weighted by molar-refractivity contribution is 7.80. The second-order valence-electron chi connectivity index (χ2n) is 6.03. The first kappa shape index (κ1) is 19.7. The lowest BCUT2D eigenvalue weighted by atomic mass is 10.0. The molecule has 1 amide bonds. The minimum Gasteiger partial charge on any atom is -0.481 e. The summed E-state index contributed by atoms with van der Waals surface area (Å²) in [6.07, 6.45) is -0.723. The van der Waals surface area contributed by atoms with Gasteiger partial charge < -0.3 is 10.1 Å². The van der Waals surface area contributed by atoms with Crippen LogP contribution in [0.2, 0.25) is 0 Å². The van der Waals surface area contributed by atoms with Gasteiger partial charge in [0.1, 0.15) is 11.6 Å². The molecular formula is C19H22FN3O2S. The fourth-order valence-corrected chi connectivity index (χ4v) is 2.43. The molecule has 0 bridgehead atoms. The van der Waals surface area contributed by atoms with E-state index in [2.05, 4.69) is 30.0 Å². The average molecular weight is 375 g/mol. The van der Waals surface area contributed by atoms with Crippen molar-refractivity contribution in [2.45, 2.75) is 32.8 Å². The molecule has 0 fully saturated rings. The van der Waals surface area contributed by atoms with Crippen molar-refractivity contribution in [3.63, 3.8) is 0 Å². The first-order valence-electron chi connectivity index (χ1n) is 8.25. The number of rotatable bonds is 5. The van der Waals surface area contributed by atoms with Gasteiger partial charge in [0.05, 0.1) is 0 Å². The molecule has 0 unspecified atom stereocenters. The van der Waals surface area contributed by atoms with Crippen LogP contribution in [0.1, 0.15) is 32.3 Å². The van der Waals surface area contributed by atoms with E-state index in [1.165, 1.54) is 12.1 Å². The average Bonchev–Trinajstić information content (AvgIpc) is 2.60. The van der Waals surface area contributed by atoms with E-state index in [-0.39, 0.29) is 22.8 Å². The van der Waals surface area contributed by atoms with Crippen LogP contribution in [0.25, 0.3) is 0 Å². The lowest BCUT2D eigenvalue weighted by molar-refractivity contribution is -0.127. The predicted octanol–water partition coefficient (Wildman–Crippen LogP) is 3.73. The van der Waals surface area contributed by atoms with Gasteiger partial charge in [-0.15, -0.1) is 0 Å². The summed E-state index contributed by atoms with van der Waals surface area (Å²) in [4.78, 5) is 12.2. The van der Waals surface area contributed by atoms with E-state index in [1.807, 2.05) is 24.3 Å². The molecule has 2 aromatic rings. The summed E-state index contributed by atoms with van der Waals surface area (Å²) < 4.78 is 18.9. The Morgan fingerprint density at radius 2 is 1.81 bits per heavy atom. The van der Waals surface area contributed by atoms with Gasteiger partial charge in [0.25, 0.3) is 5.91 Å².